The Labute approximate surface area is 83.1 Å². The number of hydrogen-bond donors (Lipinski definition) is 2. The number of likely N-dealkylation sites (tertiary alicyclic amines) is 1. The van der Waals surface area contributed by atoms with Crippen LogP contribution in [0.3, 0.4) is 0 Å². The zero-order chi connectivity index (χ0) is 9.97. The van der Waals surface area contributed by atoms with Crippen LogP contribution in [0.5, 0.6) is 0 Å². The Morgan fingerprint density at radius 1 is 1.71 bits per heavy atom. The van der Waals surface area contributed by atoms with Gasteiger partial charge in [0.2, 0.25) is 0 Å². The van der Waals surface area contributed by atoms with Crippen LogP contribution in [-0.2, 0) is 0 Å². The quantitative estimate of drug-likeness (QED) is 0.715. The summed E-state index contributed by atoms with van der Waals surface area (Å²) in [5.41, 5.74) is 6.24. The molecule has 14 heavy (non-hydrogen) atoms. The molecule has 1 amide bonds. The Kier molecular flexibility index (Phi) is 2.54. The maximum absolute atomic E-state index is 11.8. The van der Waals surface area contributed by atoms with Gasteiger partial charge in [-0.05, 0) is 31.0 Å². The van der Waals surface area contributed by atoms with E-state index in [1.54, 1.807) is 12.3 Å². The van der Waals surface area contributed by atoms with E-state index in [1.807, 2.05) is 11.0 Å². The van der Waals surface area contributed by atoms with Crippen LogP contribution in [0.2, 0.25) is 0 Å². The highest BCUT2D eigenvalue weighted by molar-refractivity contribution is 5.92. The second-order valence-corrected chi connectivity index (χ2v) is 3.73. The Bertz CT molecular complexity index is 307. The van der Waals surface area contributed by atoms with Crippen LogP contribution >= 0.6 is 0 Å². The Morgan fingerprint density at radius 2 is 2.57 bits per heavy atom. The fraction of sp³-hybridized carbons (Fsp3) is 0.500. The van der Waals surface area contributed by atoms with Crippen molar-refractivity contribution in [3.8, 4) is 0 Å². The van der Waals surface area contributed by atoms with Gasteiger partial charge in [-0.3, -0.25) is 4.79 Å². The van der Waals surface area contributed by atoms with Gasteiger partial charge in [-0.1, -0.05) is 0 Å². The summed E-state index contributed by atoms with van der Waals surface area (Å²) in [6, 6.07) is 3.64. The monoisotopic (exact) mass is 193 g/mol. The molecule has 0 radical (unpaired) electrons. The molecule has 76 valence electrons. The fourth-order valence-corrected chi connectivity index (χ4v) is 1.84. The number of carbonyl (C=O) groups excluding carboxylic acids is 1. The third-order valence-corrected chi connectivity index (χ3v) is 2.73. The predicted octanol–water partition coefficient (Wildman–Crippen LogP) is 0.435. The maximum atomic E-state index is 11.8. The molecule has 1 fully saturated rings. The number of nitrogens with one attached hydrogen (secondary N) is 1. The van der Waals surface area contributed by atoms with Gasteiger partial charge in [-0.2, -0.15) is 0 Å². The second-order valence-electron chi connectivity index (χ2n) is 3.73. The summed E-state index contributed by atoms with van der Waals surface area (Å²) in [6.45, 7) is 2.31. The average molecular weight is 193 g/mol. The first-order chi connectivity index (χ1) is 6.81. The van der Waals surface area contributed by atoms with Crippen molar-refractivity contribution in [2.24, 2.45) is 11.7 Å². The normalized spacial score (nSPS) is 21.5. The lowest BCUT2D eigenvalue weighted by molar-refractivity contribution is 0.0782. The summed E-state index contributed by atoms with van der Waals surface area (Å²) in [4.78, 5) is 16.6. The van der Waals surface area contributed by atoms with E-state index < -0.39 is 0 Å². The molecule has 1 aromatic heterocycles. The first-order valence-corrected chi connectivity index (χ1v) is 4.94. The van der Waals surface area contributed by atoms with E-state index >= 15 is 0 Å². The molecule has 0 aromatic carbocycles. The fourth-order valence-electron chi connectivity index (χ4n) is 1.84. The van der Waals surface area contributed by atoms with Crippen LogP contribution < -0.4 is 5.73 Å². The van der Waals surface area contributed by atoms with Gasteiger partial charge < -0.3 is 15.6 Å². The number of amides is 1. The largest absolute Gasteiger partial charge is 0.357 e. The lowest BCUT2D eigenvalue weighted by atomic mass is 10.1. The van der Waals surface area contributed by atoms with Crippen LogP contribution in [0, 0.1) is 5.92 Å². The van der Waals surface area contributed by atoms with E-state index in [1.165, 1.54) is 0 Å². The molecule has 1 aromatic rings. The van der Waals surface area contributed by atoms with Crippen LogP contribution in [0.1, 0.15) is 16.9 Å². The van der Waals surface area contributed by atoms with E-state index in [0.29, 0.717) is 18.2 Å². The highest BCUT2D eigenvalue weighted by Crippen LogP contribution is 2.16. The van der Waals surface area contributed by atoms with Crippen molar-refractivity contribution >= 4 is 5.91 Å². The van der Waals surface area contributed by atoms with Gasteiger partial charge in [0.1, 0.15) is 5.69 Å². The number of hydrogen-bond acceptors (Lipinski definition) is 2. The number of nitrogens with zero attached hydrogens (tertiary/aromatic N) is 1. The minimum atomic E-state index is 0.0888. The summed E-state index contributed by atoms with van der Waals surface area (Å²) >= 11 is 0. The molecule has 1 aliphatic heterocycles. The van der Waals surface area contributed by atoms with Gasteiger partial charge in [0.25, 0.3) is 5.91 Å². The summed E-state index contributed by atoms with van der Waals surface area (Å²) < 4.78 is 0. The van der Waals surface area contributed by atoms with E-state index in [4.69, 9.17) is 5.73 Å². The molecule has 1 saturated heterocycles. The minimum Gasteiger partial charge on any atom is -0.357 e. The number of nitrogens with two attached hydrogens (primary N) is 1. The van der Waals surface area contributed by atoms with Crippen LogP contribution in [0.4, 0.5) is 0 Å². The SMILES string of the molecule is NCC1CCN(C(=O)c2ccc[nH]2)C1. The van der Waals surface area contributed by atoms with Crippen LogP contribution in [-0.4, -0.2) is 35.4 Å². The van der Waals surface area contributed by atoms with E-state index in [9.17, 15) is 4.79 Å². The summed E-state index contributed by atoms with van der Waals surface area (Å²) in [5, 5.41) is 0. The zero-order valence-electron chi connectivity index (χ0n) is 8.07. The molecule has 4 heteroatoms. The molecule has 4 nitrogen and oxygen atoms in total. The van der Waals surface area contributed by atoms with Gasteiger partial charge in [-0.15, -0.1) is 0 Å². The highest BCUT2D eigenvalue weighted by Gasteiger charge is 2.26. The van der Waals surface area contributed by atoms with Crippen molar-refractivity contribution in [1.82, 2.24) is 9.88 Å². The topological polar surface area (TPSA) is 62.1 Å². The number of H-pyrrole nitrogens is 1. The minimum absolute atomic E-state index is 0.0888. The molecule has 0 bridgehead atoms. The molecule has 0 aliphatic carbocycles. The standard InChI is InChI=1S/C10H15N3O/c11-6-8-3-5-13(7-8)10(14)9-2-1-4-12-9/h1-2,4,8,12H,3,5-7,11H2. The van der Waals surface area contributed by atoms with Gasteiger partial charge in [0.15, 0.2) is 0 Å². The van der Waals surface area contributed by atoms with Crippen molar-refractivity contribution in [1.29, 1.82) is 0 Å². The van der Waals surface area contributed by atoms with Crippen molar-refractivity contribution < 1.29 is 4.79 Å². The lowest BCUT2D eigenvalue weighted by Crippen LogP contribution is -2.30. The molecular weight excluding hydrogens is 178 g/mol. The third kappa shape index (κ3) is 1.65. The van der Waals surface area contributed by atoms with Gasteiger partial charge in [-0.25, -0.2) is 0 Å². The average Bonchev–Trinajstić information content (AvgIpc) is 2.88. The van der Waals surface area contributed by atoms with E-state index in [0.717, 1.165) is 19.5 Å². The highest BCUT2D eigenvalue weighted by atomic mass is 16.2. The Hall–Kier alpha value is -1.29. The summed E-state index contributed by atoms with van der Waals surface area (Å²) in [7, 11) is 0. The molecule has 3 N–H and O–H groups in total. The van der Waals surface area contributed by atoms with Gasteiger partial charge in [0.05, 0.1) is 0 Å². The first-order valence-electron chi connectivity index (χ1n) is 4.94. The third-order valence-electron chi connectivity index (χ3n) is 2.73. The zero-order valence-corrected chi connectivity index (χ0v) is 8.07. The molecule has 0 saturated carbocycles. The van der Waals surface area contributed by atoms with Gasteiger partial charge >= 0.3 is 0 Å². The predicted molar refractivity (Wildman–Crippen MR) is 53.9 cm³/mol. The Balaban J connectivity index is 2.00. The van der Waals surface area contributed by atoms with Crippen molar-refractivity contribution in [3.05, 3.63) is 24.0 Å². The van der Waals surface area contributed by atoms with Crippen molar-refractivity contribution in [2.45, 2.75) is 6.42 Å². The maximum Gasteiger partial charge on any atom is 0.270 e. The summed E-state index contributed by atoms with van der Waals surface area (Å²) in [5.74, 6) is 0.569. The Morgan fingerprint density at radius 3 is 3.14 bits per heavy atom. The molecule has 2 rings (SSSR count). The van der Waals surface area contributed by atoms with Crippen molar-refractivity contribution in [2.75, 3.05) is 19.6 Å². The summed E-state index contributed by atoms with van der Waals surface area (Å²) in [6.07, 6.45) is 2.80. The van der Waals surface area contributed by atoms with E-state index in [2.05, 4.69) is 4.98 Å². The number of aromatic nitrogens is 1. The second kappa shape index (κ2) is 3.84. The van der Waals surface area contributed by atoms with E-state index in [-0.39, 0.29) is 5.91 Å². The molecule has 0 spiro atoms. The molecule has 1 unspecified atom stereocenters. The first kappa shape index (κ1) is 9.27. The van der Waals surface area contributed by atoms with Crippen LogP contribution in [0.15, 0.2) is 18.3 Å². The molecule has 1 aliphatic rings. The number of aromatic amines is 1. The number of rotatable bonds is 2. The van der Waals surface area contributed by atoms with Crippen LogP contribution in [0.25, 0.3) is 0 Å². The molecule has 2 heterocycles. The number of carbonyl (C=O) groups is 1. The lowest BCUT2D eigenvalue weighted by Gasteiger charge is -2.14. The molecule has 1 atom stereocenters. The van der Waals surface area contributed by atoms with Crippen molar-refractivity contribution in [3.63, 3.8) is 0 Å². The smallest absolute Gasteiger partial charge is 0.270 e. The van der Waals surface area contributed by atoms with Gasteiger partial charge in [0, 0.05) is 19.3 Å². The molecular formula is C10H15N3O.